The Balaban J connectivity index is 1.81. The number of carbonyl (C=O) groups is 5. The standard InChI is InChI=1S/C35H51N5O5/c1-8-10-16-26(29(41)31(43)36-18-9-2)37-30(42)27-17-13-19-40(27)32(44)28(25-20-23-14-11-12-15-24(23)21-25)38-33(45)39-35(6,7)22-34(3,4)5/h8-9,11-12,14-15,25-28H,1-2,10,13,16-22H2,3-7H3,(H,36,43)(H,37,42)(H2,38,39,45)/t26?,27-,28-/m0/s1. The van der Waals surface area contributed by atoms with Crippen molar-refractivity contribution in [1.82, 2.24) is 26.2 Å². The predicted octanol–water partition coefficient (Wildman–Crippen LogP) is 3.60. The quantitative estimate of drug-likeness (QED) is 0.186. The van der Waals surface area contributed by atoms with Crippen LogP contribution in [0.2, 0.25) is 0 Å². The molecule has 10 heteroatoms. The lowest BCUT2D eigenvalue weighted by Crippen LogP contribution is -2.60. The second-order valence-corrected chi connectivity index (χ2v) is 14.1. The topological polar surface area (TPSA) is 137 Å². The summed E-state index contributed by atoms with van der Waals surface area (Å²) in [7, 11) is 0. The molecule has 1 aliphatic carbocycles. The van der Waals surface area contributed by atoms with E-state index in [1.807, 2.05) is 38.1 Å². The molecule has 10 nitrogen and oxygen atoms in total. The van der Waals surface area contributed by atoms with E-state index in [1.54, 1.807) is 6.08 Å². The van der Waals surface area contributed by atoms with Gasteiger partial charge in [-0.25, -0.2) is 4.79 Å². The maximum Gasteiger partial charge on any atom is 0.315 e. The fourth-order valence-corrected chi connectivity index (χ4v) is 6.78. The highest BCUT2D eigenvalue weighted by atomic mass is 16.2. The first-order chi connectivity index (χ1) is 21.2. The van der Waals surface area contributed by atoms with Gasteiger partial charge >= 0.3 is 6.03 Å². The van der Waals surface area contributed by atoms with Crippen LogP contribution < -0.4 is 21.3 Å². The van der Waals surface area contributed by atoms with Crippen molar-refractivity contribution in [3.63, 3.8) is 0 Å². The molecular formula is C35H51N5O5. The average Bonchev–Trinajstić information content (AvgIpc) is 3.62. The first-order valence-corrected chi connectivity index (χ1v) is 16.0. The molecule has 246 valence electrons. The largest absolute Gasteiger partial charge is 0.346 e. The zero-order valence-corrected chi connectivity index (χ0v) is 27.5. The Morgan fingerprint density at radius 1 is 0.978 bits per heavy atom. The molecule has 1 unspecified atom stereocenters. The van der Waals surface area contributed by atoms with Crippen LogP contribution in [-0.2, 0) is 32.0 Å². The van der Waals surface area contributed by atoms with Crippen LogP contribution in [0.4, 0.5) is 4.79 Å². The highest BCUT2D eigenvalue weighted by Gasteiger charge is 2.43. The number of Topliss-reactive ketones (excluding diaryl/α,β-unsaturated/α-hetero) is 1. The fraction of sp³-hybridized carbons (Fsp3) is 0.571. The van der Waals surface area contributed by atoms with Crippen LogP contribution in [0.3, 0.4) is 0 Å². The number of urea groups is 1. The van der Waals surface area contributed by atoms with Crippen LogP contribution in [0.5, 0.6) is 0 Å². The number of rotatable bonds is 14. The van der Waals surface area contributed by atoms with E-state index in [1.165, 1.54) is 11.0 Å². The maximum atomic E-state index is 14.3. The fourth-order valence-electron chi connectivity index (χ4n) is 6.78. The third-order valence-electron chi connectivity index (χ3n) is 8.29. The van der Waals surface area contributed by atoms with Crippen LogP contribution >= 0.6 is 0 Å². The molecule has 1 saturated heterocycles. The second kappa shape index (κ2) is 15.4. The van der Waals surface area contributed by atoms with Crippen LogP contribution in [-0.4, -0.2) is 71.2 Å². The minimum Gasteiger partial charge on any atom is -0.346 e. The first kappa shape index (κ1) is 35.5. The monoisotopic (exact) mass is 621 g/mol. The molecule has 1 aliphatic heterocycles. The summed E-state index contributed by atoms with van der Waals surface area (Å²) in [5.41, 5.74) is 1.75. The SMILES string of the molecule is C=CCCC(NC(=O)[C@@H]1CCCN1C(=O)[C@@H](NC(=O)NC(C)(C)CC(C)(C)C)C1Cc2ccccc2C1)C(=O)C(=O)NCC=C. The number of hydrogen-bond acceptors (Lipinski definition) is 5. The van der Waals surface area contributed by atoms with Crippen LogP contribution in [0.15, 0.2) is 49.6 Å². The molecule has 3 atom stereocenters. The van der Waals surface area contributed by atoms with Crippen molar-refractivity contribution < 1.29 is 24.0 Å². The Bertz CT molecular complexity index is 1260. The van der Waals surface area contributed by atoms with Crippen molar-refractivity contribution in [3.8, 4) is 0 Å². The Morgan fingerprint density at radius 3 is 2.20 bits per heavy atom. The molecule has 1 aromatic rings. The number of hydrogen-bond donors (Lipinski definition) is 4. The van der Waals surface area contributed by atoms with Gasteiger partial charge in [-0.05, 0) is 81.3 Å². The van der Waals surface area contributed by atoms with Crippen LogP contribution in [0, 0.1) is 11.3 Å². The van der Waals surface area contributed by atoms with Gasteiger partial charge in [0, 0.05) is 18.6 Å². The minimum atomic E-state index is -1.06. The van der Waals surface area contributed by atoms with Gasteiger partial charge in [0.2, 0.25) is 17.6 Å². The molecule has 45 heavy (non-hydrogen) atoms. The Hall–Kier alpha value is -3.95. The number of ketones is 1. The molecule has 5 amide bonds. The van der Waals surface area contributed by atoms with Gasteiger partial charge < -0.3 is 26.2 Å². The number of likely N-dealkylation sites (tertiary alicyclic amines) is 1. The number of carbonyl (C=O) groups excluding carboxylic acids is 5. The lowest BCUT2D eigenvalue weighted by Gasteiger charge is -2.35. The van der Waals surface area contributed by atoms with E-state index in [9.17, 15) is 24.0 Å². The molecule has 1 fully saturated rings. The van der Waals surface area contributed by atoms with Gasteiger partial charge in [0.1, 0.15) is 12.1 Å². The van der Waals surface area contributed by atoms with Gasteiger partial charge in [0.05, 0.1) is 6.04 Å². The number of allylic oxidation sites excluding steroid dienone is 1. The molecule has 3 rings (SSSR count). The van der Waals surface area contributed by atoms with Crippen molar-refractivity contribution in [3.05, 3.63) is 60.7 Å². The number of fused-ring (bicyclic) bond motifs is 1. The summed E-state index contributed by atoms with van der Waals surface area (Å²) in [5.74, 6) is -2.59. The van der Waals surface area contributed by atoms with Crippen LogP contribution in [0.1, 0.15) is 77.8 Å². The van der Waals surface area contributed by atoms with Gasteiger partial charge in [0.15, 0.2) is 0 Å². The lowest BCUT2D eigenvalue weighted by molar-refractivity contribution is -0.143. The van der Waals surface area contributed by atoms with Gasteiger partial charge in [-0.2, -0.15) is 0 Å². The summed E-state index contributed by atoms with van der Waals surface area (Å²) in [4.78, 5) is 68.1. The molecule has 0 spiro atoms. The van der Waals surface area contributed by atoms with E-state index < -0.39 is 47.3 Å². The van der Waals surface area contributed by atoms with Crippen molar-refractivity contribution in [2.24, 2.45) is 11.3 Å². The van der Waals surface area contributed by atoms with Crippen molar-refractivity contribution in [1.29, 1.82) is 0 Å². The zero-order valence-electron chi connectivity index (χ0n) is 27.5. The van der Waals surface area contributed by atoms with E-state index in [2.05, 4.69) is 55.2 Å². The average molecular weight is 622 g/mol. The van der Waals surface area contributed by atoms with Gasteiger partial charge in [-0.15, -0.1) is 13.2 Å². The molecule has 2 aliphatic rings. The zero-order chi connectivity index (χ0) is 33.4. The number of amides is 5. The highest BCUT2D eigenvalue weighted by Crippen LogP contribution is 2.31. The Labute approximate surface area is 267 Å². The Morgan fingerprint density at radius 2 is 1.62 bits per heavy atom. The number of nitrogens with one attached hydrogen (secondary N) is 4. The molecule has 4 N–H and O–H groups in total. The molecular weight excluding hydrogens is 570 g/mol. The number of benzene rings is 1. The normalized spacial score (nSPS) is 17.9. The Kier molecular flexibility index (Phi) is 12.1. The van der Waals surface area contributed by atoms with Crippen molar-refractivity contribution >= 4 is 29.5 Å². The molecule has 1 aromatic carbocycles. The molecule has 0 radical (unpaired) electrons. The van der Waals surface area contributed by atoms with E-state index in [4.69, 9.17) is 0 Å². The summed E-state index contributed by atoms with van der Waals surface area (Å²) >= 11 is 0. The molecule has 0 bridgehead atoms. The molecule has 1 heterocycles. The summed E-state index contributed by atoms with van der Waals surface area (Å²) in [6.07, 6.45) is 6.67. The third kappa shape index (κ3) is 10.0. The van der Waals surface area contributed by atoms with Crippen molar-refractivity contribution in [2.45, 2.75) is 103 Å². The van der Waals surface area contributed by atoms with E-state index >= 15 is 0 Å². The number of nitrogens with zero attached hydrogens (tertiary/aromatic N) is 1. The maximum absolute atomic E-state index is 14.3. The van der Waals surface area contributed by atoms with Gasteiger partial charge in [-0.3, -0.25) is 19.2 Å². The summed E-state index contributed by atoms with van der Waals surface area (Å²) in [5, 5.41) is 11.3. The smallest absolute Gasteiger partial charge is 0.315 e. The van der Waals surface area contributed by atoms with Crippen molar-refractivity contribution in [2.75, 3.05) is 13.1 Å². The second-order valence-electron chi connectivity index (χ2n) is 14.1. The van der Waals surface area contributed by atoms with E-state index in [0.29, 0.717) is 38.6 Å². The summed E-state index contributed by atoms with van der Waals surface area (Å²) < 4.78 is 0. The van der Waals surface area contributed by atoms with E-state index in [-0.39, 0.29) is 30.2 Å². The minimum absolute atomic E-state index is 0.0214. The molecule has 0 saturated carbocycles. The first-order valence-electron chi connectivity index (χ1n) is 16.0. The van der Waals surface area contributed by atoms with Crippen LogP contribution in [0.25, 0.3) is 0 Å². The van der Waals surface area contributed by atoms with Gasteiger partial charge in [-0.1, -0.05) is 57.2 Å². The lowest BCUT2D eigenvalue weighted by atomic mass is 9.82. The van der Waals surface area contributed by atoms with E-state index in [0.717, 1.165) is 17.5 Å². The van der Waals surface area contributed by atoms with Gasteiger partial charge in [0.25, 0.3) is 5.91 Å². The summed E-state index contributed by atoms with van der Waals surface area (Å²) in [6, 6.07) is 4.83. The third-order valence-corrected chi connectivity index (χ3v) is 8.29. The predicted molar refractivity (Wildman–Crippen MR) is 175 cm³/mol. The molecule has 0 aromatic heterocycles. The summed E-state index contributed by atoms with van der Waals surface area (Å²) in [6.45, 7) is 17.9. The highest BCUT2D eigenvalue weighted by molar-refractivity contribution is 6.38.